The Hall–Kier alpha value is -1.49. The first-order valence-corrected chi connectivity index (χ1v) is 6.65. The van der Waals surface area contributed by atoms with Crippen LogP contribution in [0.5, 0.6) is 11.5 Å². The number of halogens is 1. The molecule has 1 rings (SSSR count). The first-order valence-electron chi connectivity index (χ1n) is 5.86. The Bertz CT molecular complexity index is 469. The molecule has 0 fully saturated rings. The third-order valence-corrected chi connectivity index (χ3v) is 3.16. The molecule has 0 radical (unpaired) electrons. The summed E-state index contributed by atoms with van der Waals surface area (Å²) in [6, 6.07) is 5.44. The van der Waals surface area contributed by atoms with Crippen molar-refractivity contribution in [3.8, 4) is 11.5 Å². The lowest BCUT2D eigenvalue weighted by atomic mass is 10.2. The van der Waals surface area contributed by atoms with E-state index in [0.29, 0.717) is 24.4 Å². The normalized spacial score (nSPS) is 11.1. The van der Waals surface area contributed by atoms with Crippen molar-refractivity contribution in [2.75, 3.05) is 20.8 Å². The smallest absolute Gasteiger partial charge is 0.333 e. The van der Waals surface area contributed by atoms with Gasteiger partial charge in [0.05, 0.1) is 18.7 Å². The van der Waals surface area contributed by atoms with Crippen LogP contribution < -0.4 is 9.47 Å². The van der Waals surface area contributed by atoms with Crippen molar-refractivity contribution in [3.05, 3.63) is 34.3 Å². The molecule has 4 nitrogen and oxygen atoms in total. The quantitative estimate of drug-likeness (QED) is 0.593. The number of hydrogen-bond donors (Lipinski definition) is 0. The maximum absolute atomic E-state index is 11.4. The zero-order chi connectivity index (χ0) is 14.3. The van der Waals surface area contributed by atoms with Gasteiger partial charge in [-0.3, -0.25) is 0 Å². The van der Waals surface area contributed by atoms with E-state index in [4.69, 9.17) is 9.47 Å². The first-order chi connectivity index (χ1) is 9.12. The van der Waals surface area contributed by atoms with Gasteiger partial charge in [-0.2, -0.15) is 0 Å². The zero-order valence-corrected chi connectivity index (χ0v) is 12.8. The lowest BCUT2D eigenvalue weighted by Gasteiger charge is -2.08. The number of benzene rings is 1. The molecule has 0 bridgehead atoms. The Morgan fingerprint density at radius 3 is 2.63 bits per heavy atom. The molecule has 5 heteroatoms. The second-order valence-electron chi connectivity index (χ2n) is 3.68. The number of rotatable bonds is 6. The minimum absolute atomic E-state index is 0.309. The van der Waals surface area contributed by atoms with Crippen LogP contribution in [0.15, 0.2) is 34.3 Å². The van der Waals surface area contributed by atoms with E-state index in [-0.39, 0.29) is 5.97 Å². The SMILES string of the molecule is CC/C(=C/COc1ccc(OC)cc1Br)C(=O)OC. The predicted molar refractivity (Wildman–Crippen MR) is 76.6 cm³/mol. The van der Waals surface area contributed by atoms with Crippen LogP contribution in [0.4, 0.5) is 0 Å². The number of carbonyl (C=O) groups excluding carboxylic acids is 1. The standard InChI is InChI=1S/C14H17BrO4/c1-4-10(14(16)18-3)7-8-19-13-6-5-11(17-2)9-12(13)15/h5-7,9H,4,8H2,1-3H3/b10-7-. The largest absolute Gasteiger partial charge is 0.497 e. The summed E-state index contributed by atoms with van der Waals surface area (Å²) in [6.07, 6.45) is 2.34. The molecule has 104 valence electrons. The van der Waals surface area contributed by atoms with Crippen molar-refractivity contribution in [1.29, 1.82) is 0 Å². The van der Waals surface area contributed by atoms with Crippen molar-refractivity contribution in [3.63, 3.8) is 0 Å². The number of hydrogen-bond acceptors (Lipinski definition) is 4. The van der Waals surface area contributed by atoms with E-state index in [9.17, 15) is 4.79 Å². The lowest BCUT2D eigenvalue weighted by Crippen LogP contribution is -2.06. The highest BCUT2D eigenvalue weighted by molar-refractivity contribution is 9.10. The second-order valence-corrected chi connectivity index (χ2v) is 4.54. The highest BCUT2D eigenvalue weighted by atomic mass is 79.9. The van der Waals surface area contributed by atoms with E-state index in [1.807, 2.05) is 19.1 Å². The van der Waals surface area contributed by atoms with Crippen LogP contribution in [0.1, 0.15) is 13.3 Å². The fourth-order valence-electron chi connectivity index (χ4n) is 1.46. The van der Waals surface area contributed by atoms with Gasteiger partial charge in [-0.25, -0.2) is 4.79 Å². The van der Waals surface area contributed by atoms with Crippen LogP contribution in [0, 0.1) is 0 Å². The molecule has 1 aromatic rings. The van der Waals surface area contributed by atoms with E-state index in [0.717, 1.165) is 10.2 Å². The summed E-state index contributed by atoms with van der Waals surface area (Å²) in [4.78, 5) is 11.4. The third kappa shape index (κ3) is 4.59. The lowest BCUT2D eigenvalue weighted by molar-refractivity contribution is -0.136. The Morgan fingerprint density at radius 2 is 2.11 bits per heavy atom. The molecular formula is C14H17BrO4. The minimum Gasteiger partial charge on any atom is -0.497 e. The van der Waals surface area contributed by atoms with Gasteiger partial charge in [-0.15, -0.1) is 0 Å². The monoisotopic (exact) mass is 328 g/mol. The topological polar surface area (TPSA) is 44.8 Å². The summed E-state index contributed by atoms with van der Waals surface area (Å²) >= 11 is 3.40. The van der Waals surface area contributed by atoms with Crippen LogP contribution in [0.3, 0.4) is 0 Å². The Morgan fingerprint density at radius 1 is 1.37 bits per heavy atom. The average molecular weight is 329 g/mol. The van der Waals surface area contributed by atoms with E-state index < -0.39 is 0 Å². The van der Waals surface area contributed by atoms with Gasteiger partial charge in [0.15, 0.2) is 0 Å². The molecule has 0 atom stereocenters. The molecule has 0 aromatic heterocycles. The summed E-state index contributed by atoms with van der Waals surface area (Å²) in [5, 5.41) is 0. The highest BCUT2D eigenvalue weighted by Gasteiger charge is 2.07. The number of ether oxygens (including phenoxy) is 3. The van der Waals surface area contributed by atoms with Gasteiger partial charge in [-0.1, -0.05) is 6.92 Å². The van der Waals surface area contributed by atoms with Gasteiger partial charge in [0.1, 0.15) is 18.1 Å². The van der Waals surface area contributed by atoms with E-state index in [2.05, 4.69) is 20.7 Å². The van der Waals surface area contributed by atoms with Crippen molar-refractivity contribution in [1.82, 2.24) is 0 Å². The van der Waals surface area contributed by atoms with Gasteiger partial charge in [0.2, 0.25) is 0 Å². The van der Waals surface area contributed by atoms with Gasteiger partial charge in [0, 0.05) is 5.57 Å². The average Bonchev–Trinajstić information content (AvgIpc) is 2.44. The molecule has 19 heavy (non-hydrogen) atoms. The Labute approximate surface area is 121 Å². The minimum atomic E-state index is -0.320. The van der Waals surface area contributed by atoms with E-state index in [1.165, 1.54) is 7.11 Å². The van der Waals surface area contributed by atoms with E-state index >= 15 is 0 Å². The van der Waals surface area contributed by atoms with E-state index in [1.54, 1.807) is 19.3 Å². The Balaban J connectivity index is 2.66. The number of carbonyl (C=O) groups is 1. The number of methoxy groups -OCH3 is 2. The van der Waals surface area contributed by atoms with Crippen molar-refractivity contribution >= 4 is 21.9 Å². The summed E-state index contributed by atoms with van der Waals surface area (Å²) in [5.74, 6) is 1.12. The molecule has 0 spiro atoms. The zero-order valence-electron chi connectivity index (χ0n) is 11.2. The Kier molecular flexibility index (Phi) is 6.42. The summed E-state index contributed by atoms with van der Waals surface area (Å²) in [6.45, 7) is 2.20. The number of esters is 1. The van der Waals surface area contributed by atoms with Gasteiger partial charge >= 0.3 is 5.97 Å². The van der Waals surface area contributed by atoms with Crippen LogP contribution in [0.2, 0.25) is 0 Å². The van der Waals surface area contributed by atoms with Crippen LogP contribution in [-0.2, 0) is 9.53 Å². The maximum atomic E-state index is 11.4. The highest BCUT2D eigenvalue weighted by Crippen LogP contribution is 2.29. The molecule has 0 aliphatic heterocycles. The molecule has 0 saturated carbocycles. The van der Waals surface area contributed by atoms with Gasteiger partial charge in [-0.05, 0) is 46.6 Å². The van der Waals surface area contributed by atoms with Crippen LogP contribution >= 0.6 is 15.9 Å². The maximum Gasteiger partial charge on any atom is 0.333 e. The van der Waals surface area contributed by atoms with Crippen molar-refractivity contribution < 1.29 is 19.0 Å². The molecule has 0 aliphatic rings. The fourth-order valence-corrected chi connectivity index (χ4v) is 1.93. The molecule has 0 unspecified atom stereocenters. The summed E-state index contributed by atoms with van der Waals surface area (Å²) < 4.78 is 16.1. The fraction of sp³-hybridized carbons (Fsp3) is 0.357. The summed E-state index contributed by atoms with van der Waals surface area (Å²) in [7, 11) is 2.97. The first kappa shape index (κ1) is 15.6. The van der Waals surface area contributed by atoms with Gasteiger partial charge in [0.25, 0.3) is 0 Å². The molecule has 0 saturated heterocycles. The molecule has 0 aliphatic carbocycles. The van der Waals surface area contributed by atoms with Crippen LogP contribution in [0.25, 0.3) is 0 Å². The second kappa shape index (κ2) is 7.84. The predicted octanol–water partition coefficient (Wildman–Crippen LogP) is 3.35. The molecular weight excluding hydrogens is 312 g/mol. The molecule has 0 amide bonds. The third-order valence-electron chi connectivity index (χ3n) is 2.54. The van der Waals surface area contributed by atoms with Crippen molar-refractivity contribution in [2.45, 2.75) is 13.3 Å². The van der Waals surface area contributed by atoms with Crippen molar-refractivity contribution in [2.24, 2.45) is 0 Å². The molecule has 0 N–H and O–H groups in total. The molecule has 0 heterocycles. The molecule has 1 aromatic carbocycles. The summed E-state index contributed by atoms with van der Waals surface area (Å²) in [5.41, 5.74) is 0.604. The van der Waals surface area contributed by atoms with Crippen LogP contribution in [-0.4, -0.2) is 26.8 Å². The van der Waals surface area contributed by atoms with Gasteiger partial charge < -0.3 is 14.2 Å².